The van der Waals surface area contributed by atoms with Gasteiger partial charge >= 0.3 is 14.0 Å². The fourth-order valence-corrected chi connectivity index (χ4v) is 4.07. The number of fused-ring (bicyclic) bond motifs is 1. The van der Waals surface area contributed by atoms with Crippen molar-refractivity contribution in [3.8, 4) is 23.3 Å². The van der Waals surface area contributed by atoms with E-state index in [1.54, 1.807) is 19.1 Å². The first-order valence-electron chi connectivity index (χ1n) is 10.4. The Balaban J connectivity index is 2.08. The largest absolute Gasteiger partial charge is 0.508 e. The first-order chi connectivity index (χ1) is 15.7. The Bertz CT molecular complexity index is 1280. The lowest BCUT2D eigenvalue weighted by atomic mass is 9.90. The zero-order valence-electron chi connectivity index (χ0n) is 18.5. The van der Waals surface area contributed by atoms with Crippen LogP contribution in [0.2, 0.25) is 0 Å². The summed E-state index contributed by atoms with van der Waals surface area (Å²) in [5, 5.41) is 10.6. The molecule has 0 bridgehead atoms. The van der Waals surface area contributed by atoms with Gasteiger partial charge in [0.15, 0.2) is 0 Å². The summed E-state index contributed by atoms with van der Waals surface area (Å²) >= 11 is 0. The molecule has 2 N–H and O–H groups in total. The average molecular weight is 468 g/mol. The summed E-state index contributed by atoms with van der Waals surface area (Å²) in [6.07, 6.45) is 0.234. The summed E-state index contributed by atoms with van der Waals surface area (Å²) in [5.41, 5.74) is 3.93. The second-order valence-corrected chi connectivity index (χ2v) is 9.05. The van der Waals surface area contributed by atoms with Crippen LogP contribution in [-0.4, -0.2) is 33.2 Å². The third-order valence-corrected chi connectivity index (χ3v) is 5.79. The second kappa shape index (κ2) is 10.6. The molecule has 0 aliphatic carbocycles. The number of aromatic nitrogens is 1. The van der Waals surface area contributed by atoms with Gasteiger partial charge in [-0.2, -0.15) is 4.89 Å². The quantitative estimate of drug-likeness (QED) is 0.306. The number of pyridine rings is 1. The van der Waals surface area contributed by atoms with Crippen LogP contribution in [0.3, 0.4) is 0 Å². The van der Waals surface area contributed by atoms with Gasteiger partial charge in [-0.25, -0.2) is 9.37 Å². The van der Waals surface area contributed by atoms with Gasteiger partial charge < -0.3 is 9.84 Å². The van der Waals surface area contributed by atoms with Gasteiger partial charge in [-0.3, -0.25) is 4.79 Å². The van der Waals surface area contributed by atoms with E-state index >= 15 is 0 Å². The number of nitrogens with zero attached hydrogens (tertiary/aromatic N) is 1. The molecule has 2 unspecified atom stereocenters. The highest BCUT2D eigenvalue weighted by molar-refractivity contribution is 7.38. The van der Waals surface area contributed by atoms with Crippen molar-refractivity contribution < 1.29 is 28.5 Å². The number of ether oxygens (including phenoxy) is 1. The van der Waals surface area contributed by atoms with Gasteiger partial charge in [0.05, 0.1) is 23.2 Å². The molecule has 0 radical (unpaired) electrons. The van der Waals surface area contributed by atoms with Crippen molar-refractivity contribution in [2.24, 2.45) is 0 Å². The normalized spacial score (nSPS) is 12.3. The molecule has 0 saturated carbocycles. The molecule has 2 atom stereocenters. The van der Waals surface area contributed by atoms with Crippen LogP contribution in [0.5, 0.6) is 0 Å². The van der Waals surface area contributed by atoms with E-state index in [1.807, 2.05) is 38.1 Å². The van der Waals surface area contributed by atoms with Crippen molar-refractivity contribution in [2.45, 2.75) is 39.2 Å². The number of esters is 1. The number of rotatable bonds is 6. The van der Waals surface area contributed by atoms with Gasteiger partial charge in [-0.1, -0.05) is 32.0 Å². The maximum Gasteiger partial charge on any atom is 0.508 e. The van der Waals surface area contributed by atoms with Crippen LogP contribution in [-0.2, 0) is 14.1 Å². The van der Waals surface area contributed by atoms with Gasteiger partial charge in [0.25, 0.3) is 0 Å². The Morgan fingerprint density at radius 2 is 1.97 bits per heavy atom. The van der Waals surface area contributed by atoms with E-state index in [1.165, 1.54) is 6.07 Å². The van der Waals surface area contributed by atoms with Crippen LogP contribution >= 0.6 is 8.03 Å². The fraction of sp³-hybridized carbons (Fsp3) is 0.280. The zero-order valence-corrected chi connectivity index (χ0v) is 19.4. The van der Waals surface area contributed by atoms with Crippen LogP contribution in [0, 0.1) is 24.8 Å². The smallest absolute Gasteiger partial charge is 0.388 e. The standard InChI is InChI=1S/C25H23FNO5P/c1-15(2)24-19-6-4-5-7-22(19)27-25(17-8-9-21(26)16(3)12-17)20(24)10-11-32-23(29)13-18(28)14-33(30)31/h4-9,12,15,18,28H,13-14H2,1-3H3/p+1. The number of aliphatic hydroxyl groups is 1. The summed E-state index contributed by atoms with van der Waals surface area (Å²) < 4.78 is 29.6. The number of halogens is 1. The Hall–Kier alpha value is -3.17. The van der Waals surface area contributed by atoms with Crippen LogP contribution in [0.4, 0.5) is 4.39 Å². The van der Waals surface area contributed by atoms with Crippen LogP contribution in [0.15, 0.2) is 42.5 Å². The molecule has 8 heteroatoms. The molecule has 1 aromatic heterocycles. The van der Waals surface area contributed by atoms with E-state index in [2.05, 4.69) is 12.0 Å². The molecule has 0 aliphatic rings. The first kappa shape index (κ1) is 24.5. The van der Waals surface area contributed by atoms with Crippen molar-refractivity contribution in [2.75, 3.05) is 6.16 Å². The SMILES string of the molecule is Cc1cc(-c2nc3ccccc3c(C(C)C)c2C#COC(=O)CC(O)C[P+](=O)O)ccc1F. The van der Waals surface area contributed by atoms with Crippen molar-refractivity contribution in [1.82, 2.24) is 4.98 Å². The van der Waals surface area contributed by atoms with E-state index in [4.69, 9.17) is 14.6 Å². The molecule has 2 aromatic carbocycles. The third kappa shape index (κ3) is 6.00. The summed E-state index contributed by atoms with van der Waals surface area (Å²) in [6, 6.07) is 12.3. The number of carbonyl (C=O) groups is 1. The van der Waals surface area contributed by atoms with Gasteiger partial charge in [0, 0.05) is 10.9 Å². The highest BCUT2D eigenvalue weighted by Gasteiger charge is 2.22. The molecular formula is C25H24FNO5P+. The molecule has 0 saturated heterocycles. The van der Waals surface area contributed by atoms with E-state index < -0.39 is 32.7 Å². The third-order valence-electron chi connectivity index (χ3n) is 5.05. The average Bonchev–Trinajstić information content (AvgIpc) is 2.74. The minimum atomic E-state index is -2.56. The summed E-state index contributed by atoms with van der Waals surface area (Å²) in [5.74, 6) is 1.81. The Morgan fingerprint density at radius 1 is 1.24 bits per heavy atom. The molecule has 33 heavy (non-hydrogen) atoms. The van der Waals surface area contributed by atoms with Gasteiger partial charge in [0.1, 0.15) is 18.0 Å². The zero-order chi connectivity index (χ0) is 24.1. The summed E-state index contributed by atoms with van der Waals surface area (Å²) in [7, 11) is -2.56. The molecule has 1 heterocycles. The molecule has 0 fully saturated rings. The highest BCUT2D eigenvalue weighted by atomic mass is 31.1. The number of aliphatic hydroxyl groups excluding tert-OH is 1. The fourth-order valence-electron chi connectivity index (χ4n) is 3.58. The molecule has 3 rings (SSSR count). The van der Waals surface area contributed by atoms with Crippen LogP contribution in [0.1, 0.15) is 42.9 Å². The first-order valence-corrected chi connectivity index (χ1v) is 11.8. The number of para-hydroxylation sites is 1. The lowest BCUT2D eigenvalue weighted by molar-refractivity contribution is -0.138. The monoisotopic (exact) mass is 468 g/mol. The highest BCUT2D eigenvalue weighted by Crippen LogP contribution is 2.34. The molecule has 170 valence electrons. The topological polar surface area (TPSA) is 96.7 Å². The maximum atomic E-state index is 13.9. The Morgan fingerprint density at radius 3 is 2.64 bits per heavy atom. The number of benzene rings is 2. The maximum absolute atomic E-state index is 13.9. The van der Waals surface area contributed by atoms with Crippen LogP contribution in [0.25, 0.3) is 22.2 Å². The molecule has 6 nitrogen and oxygen atoms in total. The van der Waals surface area contributed by atoms with E-state index in [0.717, 1.165) is 16.5 Å². The van der Waals surface area contributed by atoms with Crippen molar-refractivity contribution in [3.05, 3.63) is 65.0 Å². The van der Waals surface area contributed by atoms with Crippen molar-refractivity contribution >= 4 is 24.9 Å². The van der Waals surface area contributed by atoms with Crippen molar-refractivity contribution in [3.63, 3.8) is 0 Å². The summed E-state index contributed by atoms with van der Waals surface area (Å²) in [4.78, 5) is 25.6. The Labute approximate surface area is 192 Å². The van der Waals surface area contributed by atoms with Gasteiger partial charge in [0.2, 0.25) is 6.16 Å². The van der Waals surface area contributed by atoms with E-state index in [-0.39, 0.29) is 11.7 Å². The number of hydrogen-bond acceptors (Lipinski definition) is 5. The second-order valence-electron chi connectivity index (χ2n) is 7.98. The number of carbonyl (C=O) groups excluding carboxylic acids is 1. The van der Waals surface area contributed by atoms with Crippen molar-refractivity contribution in [1.29, 1.82) is 0 Å². The molecule has 0 amide bonds. The minimum absolute atomic E-state index is 0.0564. The molecule has 3 aromatic rings. The van der Waals surface area contributed by atoms with Gasteiger partial charge in [-0.15, -0.1) is 0 Å². The van der Waals surface area contributed by atoms with E-state index in [9.17, 15) is 18.9 Å². The van der Waals surface area contributed by atoms with Crippen LogP contribution < -0.4 is 0 Å². The minimum Gasteiger partial charge on any atom is -0.388 e. The predicted molar refractivity (Wildman–Crippen MR) is 124 cm³/mol. The van der Waals surface area contributed by atoms with E-state index in [0.29, 0.717) is 22.4 Å². The lowest BCUT2D eigenvalue weighted by Gasteiger charge is -2.17. The Kier molecular flexibility index (Phi) is 7.88. The number of hydrogen-bond donors (Lipinski definition) is 2. The number of aryl methyl sites for hydroxylation is 1. The lowest BCUT2D eigenvalue weighted by Crippen LogP contribution is -2.16. The van der Waals surface area contributed by atoms with Gasteiger partial charge in [-0.05, 0) is 58.7 Å². The molecule has 0 aliphatic heterocycles. The predicted octanol–water partition coefficient (Wildman–Crippen LogP) is 4.81. The molecule has 0 spiro atoms. The summed E-state index contributed by atoms with van der Waals surface area (Å²) in [6.45, 7) is 5.71. The molecular weight excluding hydrogens is 444 g/mol.